The zero-order valence-corrected chi connectivity index (χ0v) is 13.5. The molecular weight excluding hydrogens is 270 g/mol. The van der Waals surface area contributed by atoms with E-state index in [0.717, 1.165) is 32.5 Å². The van der Waals surface area contributed by atoms with Crippen LogP contribution in [-0.2, 0) is 4.79 Å². The summed E-state index contributed by atoms with van der Waals surface area (Å²) in [4.78, 5) is 27.2. The zero-order chi connectivity index (χ0) is 15.8. The third kappa shape index (κ3) is 5.91. The van der Waals surface area contributed by atoms with E-state index in [1.807, 2.05) is 4.90 Å². The van der Waals surface area contributed by atoms with Crippen LogP contribution >= 0.6 is 0 Å². The molecule has 6 heteroatoms. The Morgan fingerprint density at radius 2 is 2.10 bits per heavy atom. The van der Waals surface area contributed by atoms with E-state index in [1.165, 1.54) is 0 Å². The molecule has 1 heterocycles. The van der Waals surface area contributed by atoms with Gasteiger partial charge in [0.15, 0.2) is 0 Å². The number of carboxylic acids is 1. The molecule has 0 aromatic heterocycles. The van der Waals surface area contributed by atoms with Crippen LogP contribution in [0.25, 0.3) is 0 Å². The number of aliphatic carboxylic acids is 1. The van der Waals surface area contributed by atoms with Crippen LogP contribution in [0.5, 0.6) is 0 Å². The fraction of sp³-hybridized carbons (Fsp3) is 0.867. The number of hydrogen-bond donors (Lipinski definition) is 2. The van der Waals surface area contributed by atoms with Crippen LogP contribution in [0.3, 0.4) is 0 Å². The number of urea groups is 1. The van der Waals surface area contributed by atoms with Crippen molar-refractivity contribution in [2.75, 3.05) is 33.2 Å². The number of amides is 2. The second-order valence-corrected chi connectivity index (χ2v) is 5.98. The Kier molecular flexibility index (Phi) is 7.50. The Morgan fingerprint density at radius 1 is 1.38 bits per heavy atom. The monoisotopic (exact) mass is 299 g/mol. The summed E-state index contributed by atoms with van der Waals surface area (Å²) < 4.78 is 0. The topological polar surface area (TPSA) is 72.9 Å². The molecule has 21 heavy (non-hydrogen) atoms. The standard InChI is InChI=1S/C15H29N3O3/c1-4-13-11-17(3)9-6-10-18(13)15(21)16-8-5-7-12(2)14(19)20/h12-13H,4-11H2,1-3H3,(H,16,21)(H,19,20). The summed E-state index contributed by atoms with van der Waals surface area (Å²) in [6.45, 7) is 7.08. The Morgan fingerprint density at radius 3 is 2.71 bits per heavy atom. The highest BCUT2D eigenvalue weighted by Gasteiger charge is 2.25. The zero-order valence-electron chi connectivity index (χ0n) is 13.5. The third-order valence-corrected chi connectivity index (χ3v) is 4.15. The Labute approximate surface area is 127 Å². The largest absolute Gasteiger partial charge is 0.481 e. The first kappa shape index (κ1) is 17.8. The molecule has 1 saturated heterocycles. The van der Waals surface area contributed by atoms with Crippen molar-refractivity contribution in [2.45, 2.75) is 45.6 Å². The Hall–Kier alpha value is -1.30. The number of carbonyl (C=O) groups is 2. The van der Waals surface area contributed by atoms with Gasteiger partial charge in [-0.05, 0) is 39.3 Å². The average molecular weight is 299 g/mol. The van der Waals surface area contributed by atoms with E-state index < -0.39 is 5.97 Å². The molecule has 2 atom stereocenters. The van der Waals surface area contributed by atoms with Crippen LogP contribution in [0.4, 0.5) is 4.79 Å². The molecule has 1 rings (SSSR count). The average Bonchev–Trinajstić information content (AvgIpc) is 2.64. The summed E-state index contributed by atoms with van der Waals surface area (Å²) in [5.74, 6) is -1.12. The molecule has 0 aromatic rings. The van der Waals surface area contributed by atoms with Gasteiger partial charge < -0.3 is 20.2 Å². The summed E-state index contributed by atoms with van der Waals surface area (Å²) in [5, 5.41) is 11.7. The van der Waals surface area contributed by atoms with Gasteiger partial charge in [0.1, 0.15) is 0 Å². The number of carbonyl (C=O) groups excluding carboxylic acids is 1. The van der Waals surface area contributed by atoms with E-state index in [1.54, 1.807) is 6.92 Å². The van der Waals surface area contributed by atoms with Crippen molar-refractivity contribution in [2.24, 2.45) is 5.92 Å². The number of likely N-dealkylation sites (N-methyl/N-ethyl adjacent to an activating group) is 1. The van der Waals surface area contributed by atoms with Crippen molar-refractivity contribution < 1.29 is 14.7 Å². The van der Waals surface area contributed by atoms with Gasteiger partial charge in [-0.1, -0.05) is 13.8 Å². The molecule has 2 N–H and O–H groups in total. The van der Waals surface area contributed by atoms with Gasteiger partial charge in [0.05, 0.1) is 5.92 Å². The molecule has 0 spiro atoms. The van der Waals surface area contributed by atoms with E-state index >= 15 is 0 Å². The molecule has 1 aliphatic rings. The predicted octanol–water partition coefficient (Wildman–Crippen LogP) is 1.61. The maximum Gasteiger partial charge on any atom is 0.317 e. The number of nitrogens with one attached hydrogen (secondary N) is 1. The van der Waals surface area contributed by atoms with Crippen LogP contribution in [0.15, 0.2) is 0 Å². The molecule has 2 unspecified atom stereocenters. The normalized spacial score (nSPS) is 21.7. The Balaban J connectivity index is 2.37. The van der Waals surface area contributed by atoms with Crippen LogP contribution in [0.1, 0.15) is 39.5 Å². The summed E-state index contributed by atoms with van der Waals surface area (Å²) in [6.07, 6.45) is 3.24. The lowest BCUT2D eigenvalue weighted by molar-refractivity contribution is -0.141. The summed E-state index contributed by atoms with van der Waals surface area (Å²) >= 11 is 0. The van der Waals surface area contributed by atoms with E-state index in [4.69, 9.17) is 5.11 Å². The molecule has 0 radical (unpaired) electrons. The maximum atomic E-state index is 12.3. The molecule has 0 aromatic carbocycles. The van der Waals surface area contributed by atoms with Crippen LogP contribution in [-0.4, -0.2) is 66.2 Å². The van der Waals surface area contributed by atoms with Gasteiger partial charge in [0, 0.05) is 25.7 Å². The Bertz CT molecular complexity index is 349. The van der Waals surface area contributed by atoms with Crippen molar-refractivity contribution >= 4 is 12.0 Å². The molecule has 1 aliphatic heterocycles. The summed E-state index contributed by atoms with van der Waals surface area (Å²) in [6, 6.07) is 0.246. The maximum absolute atomic E-state index is 12.3. The molecule has 0 saturated carbocycles. The van der Waals surface area contributed by atoms with Crippen LogP contribution < -0.4 is 5.32 Å². The molecule has 6 nitrogen and oxygen atoms in total. The van der Waals surface area contributed by atoms with E-state index in [0.29, 0.717) is 19.4 Å². The van der Waals surface area contributed by atoms with Gasteiger partial charge in [-0.2, -0.15) is 0 Å². The first-order valence-corrected chi connectivity index (χ1v) is 7.91. The van der Waals surface area contributed by atoms with Crippen molar-refractivity contribution in [3.05, 3.63) is 0 Å². The van der Waals surface area contributed by atoms with E-state index in [-0.39, 0.29) is 18.0 Å². The third-order valence-electron chi connectivity index (χ3n) is 4.15. The number of rotatable bonds is 6. The lowest BCUT2D eigenvalue weighted by Crippen LogP contribution is -2.48. The fourth-order valence-electron chi connectivity index (χ4n) is 2.69. The second kappa shape index (κ2) is 8.87. The minimum absolute atomic E-state index is 0.0138. The molecule has 2 amide bonds. The minimum Gasteiger partial charge on any atom is -0.481 e. The van der Waals surface area contributed by atoms with Gasteiger partial charge in [-0.15, -0.1) is 0 Å². The first-order chi connectivity index (χ1) is 9.95. The molecule has 122 valence electrons. The van der Waals surface area contributed by atoms with Gasteiger partial charge in [-0.25, -0.2) is 4.79 Å². The van der Waals surface area contributed by atoms with Gasteiger partial charge in [-0.3, -0.25) is 4.79 Å². The minimum atomic E-state index is -0.775. The fourth-order valence-corrected chi connectivity index (χ4v) is 2.69. The number of hydrogen-bond acceptors (Lipinski definition) is 3. The summed E-state index contributed by atoms with van der Waals surface area (Å²) in [7, 11) is 2.09. The van der Waals surface area contributed by atoms with Gasteiger partial charge >= 0.3 is 12.0 Å². The number of nitrogens with zero attached hydrogens (tertiary/aromatic N) is 2. The summed E-state index contributed by atoms with van der Waals surface area (Å²) in [5.41, 5.74) is 0. The van der Waals surface area contributed by atoms with E-state index in [9.17, 15) is 9.59 Å². The highest BCUT2D eigenvalue weighted by atomic mass is 16.4. The molecule has 0 aliphatic carbocycles. The SMILES string of the molecule is CCC1CN(C)CCCN1C(=O)NCCCC(C)C(=O)O. The van der Waals surface area contributed by atoms with Gasteiger partial charge in [0.25, 0.3) is 0 Å². The predicted molar refractivity (Wildman–Crippen MR) is 82.3 cm³/mol. The van der Waals surface area contributed by atoms with Crippen molar-refractivity contribution in [1.82, 2.24) is 15.1 Å². The smallest absolute Gasteiger partial charge is 0.317 e. The van der Waals surface area contributed by atoms with Crippen molar-refractivity contribution in [1.29, 1.82) is 0 Å². The highest BCUT2D eigenvalue weighted by molar-refractivity contribution is 5.74. The van der Waals surface area contributed by atoms with Gasteiger partial charge in [0.2, 0.25) is 0 Å². The molecule has 1 fully saturated rings. The second-order valence-electron chi connectivity index (χ2n) is 5.98. The lowest BCUT2D eigenvalue weighted by Gasteiger charge is -2.30. The first-order valence-electron chi connectivity index (χ1n) is 7.91. The van der Waals surface area contributed by atoms with Crippen LogP contribution in [0, 0.1) is 5.92 Å². The lowest BCUT2D eigenvalue weighted by atomic mass is 10.1. The van der Waals surface area contributed by atoms with E-state index in [2.05, 4.69) is 24.2 Å². The number of carboxylic acid groups (broad SMARTS) is 1. The molecule has 0 bridgehead atoms. The van der Waals surface area contributed by atoms with Crippen molar-refractivity contribution in [3.63, 3.8) is 0 Å². The quantitative estimate of drug-likeness (QED) is 0.731. The van der Waals surface area contributed by atoms with Crippen molar-refractivity contribution in [3.8, 4) is 0 Å². The molecular formula is C15H29N3O3. The van der Waals surface area contributed by atoms with Crippen LogP contribution in [0.2, 0.25) is 0 Å². The highest BCUT2D eigenvalue weighted by Crippen LogP contribution is 2.12.